The van der Waals surface area contributed by atoms with E-state index in [-0.39, 0.29) is 25.5 Å². The van der Waals surface area contributed by atoms with Crippen molar-refractivity contribution in [2.75, 3.05) is 13.2 Å². The first-order chi connectivity index (χ1) is 7.49. The summed E-state index contributed by atoms with van der Waals surface area (Å²) in [5.74, 6) is -0.897. The topological polar surface area (TPSA) is 134 Å². The van der Waals surface area contributed by atoms with Crippen molar-refractivity contribution in [2.24, 2.45) is 16.5 Å². The van der Waals surface area contributed by atoms with E-state index in [1.165, 1.54) is 0 Å². The van der Waals surface area contributed by atoms with Crippen LogP contribution in [0.2, 0.25) is 0 Å². The highest BCUT2D eigenvalue weighted by Crippen LogP contribution is 2.04. The number of carbonyl (C=O) groups excluding carboxylic acids is 1. The Labute approximate surface area is 92.8 Å². The van der Waals surface area contributed by atoms with Crippen molar-refractivity contribution in [3.8, 4) is 0 Å². The lowest BCUT2D eigenvalue weighted by molar-refractivity contribution is -0.511. The normalized spacial score (nSPS) is 11.6. The van der Waals surface area contributed by atoms with Gasteiger partial charge in [-0.1, -0.05) is 0 Å². The van der Waals surface area contributed by atoms with E-state index in [2.05, 4.69) is 9.73 Å². The molecule has 8 nitrogen and oxygen atoms in total. The highest BCUT2D eigenvalue weighted by atomic mass is 16.6. The minimum absolute atomic E-state index is 0.0581. The summed E-state index contributed by atoms with van der Waals surface area (Å²) in [4.78, 5) is 24.7. The van der Waals surface area contributed by atoms with Gasteiger partial charge in [0.15, 0.2) is 5.96 Å². The van der Waals surface area contributed by atoms with Crippen LogP contribution < -0.4 is 11.5 Å². The smallest absolute Gasteiger partial charge is 0.381 e. The number of nitro groups is 1. The Hall–Kier alpha value is -1.86. The van der Waals surface area contributed by atoms with Gasteiger partial charge in [-0.05, 0) is 13.3 Å². The van der Waals surface area contributed by atoms with Crippen LogP contribution in [0.15, 0.2) is 4.99 Å². The molecular weight excluding hydrogens is 216 g/mol. The predicted octanol–water partition coefficient (Wildman–Crippen LogP) is -0.752. The van der Waals surface area contributed by atoms with Crippen molar-refractivity contribution >= 4 is 11.9 Å². The van der Waals surface area contributed by atoms with Gasteiger partial charge in [0.25, 0.3) is 0 Å². The summed E-state index contributed by atoms with van der Waals surface area (Å²) in [6.07, 6.45) is 0.408. The Bertz CT molecular complexity index is 275. The number of aliphatic imine (C=N–C) groups is 1. The van der Waals surface area contributed by atoms with Crippen LogP contribution in [-0.2, 0) is 9.53 Å². The second-order valence-corrected chi connectivity index (χ2v) is 3.00. The Morgan fingerprint density at radius 1 is 1.56 bits per heavy atom. The molecule has 1 atom stereocenters. The third kappa shape index (κ3) is 5.78. The summed E-state index contributed by atoms with van der Waals surface area (Å²) >= 11 is 0. The maximum Gasteiger partial charge on any atom is 0.381 e. The van der Waals surface area contributed by atoms with E-state index in [1.807, 2.05) is 0 Å². The molecule has 0 saturated heterocycles. The summed E-state index contributed by atoms with van der Waals surface area (Å²) in [6.45, 7) is 1.97. The standard InChI is InChI=1S/C8H16N4O4/c1-2-16-7(13)6(12(14)15)4-3-5-11-8(9)10/h6H,2-5H2,1H3,(H4,9,10,11). The molecule has 0 aromatic heterocycles. The molecule has 0 aliphatic rings. The van der Waals surface area contributed by atoms with Gasteiger partial charge in [-0.2, -0.15) is 0 Å². The molecular formula is C8H16N4O4. The minimum Gasteiger partial charge on any atom is -0.461 e. The summed E-state index contributed by atoms with van der Waals surface area (Å²) in [5.41, 5.74) is 10.2. The van der Waals surface area contributed by atoms with Crippen LogP contribution in [0.25, 0.3) is 0 Å². The zero-order chi connectivity index (χ0) is 12.6. The van der Waals surface area contributed by atoms with Gasteiger partial charge in [-0.3, -0.25) is 15.1 Å². The first kappa shape index (κ1) is 14.1. The molecule has 0 aliphatic heterocycles. The van der Waals surface area contributed by atoms with E-state index in [4.69, 9.17) is 11.5 Å². The fraction of sp³-hybridized carbons (Fsp3) is 0.750. The van der Waals surface area contributed by atoms with Gasteiger partial charge in [-0.15, -0.1) is 0 Å². The SMILES string of the molecule is CCOC(=O)C(CCCN=C(N)N)[N+](=O)[O-]. The van der Waals surface area contributed by atoms with Crippen molar-refractivity contribution in [1.29, 1.82) is 0 Å². The summed E-state index contributed by atoms with van der Waals surface area (Å²) in [5, 5.41) is 10.6. The van der Waals surface area contributed by atoms with Gasteiger partial charge >= 0.3 is 12.0 Å². The average Bonchev–Trinajstić information content (AvgIpc) is 2.16. The molecule has 16 heavy (non-hydrogen) atoms. The van der Waals surface area contributed by atoms with Crippen molar-refractivity contribution in [2.45, 2.75) is 25.8 Å². The number of rotatable bonds is 7. The van der Waals surface area contributed by atoms with E-state index in [0.717, 1.165) is 0 Å². The van der Waals surface area contributed by atoms with E-state index in [1.54, 1.807) is 6.92 Å². The maximum atomic E-state index is 11.2. The molecule has 0 radical (unpaired) electrons. The maximum absolute atomic E-state index is 11.2. The van der Waals surface area contributed by atoms with Crippen LogP contribution in [0, 0.1) is 10.1 Å². The number of hydrogen-bond acceptors (Lipinski definition) is 5. The van der Waals surface area contributed by atoms with Crippen molar-refractivity contribution < 1.29 is 14.5 Å². The lowest BCUT2D eigenvalue weighted by Gasteiger charge is -2.07. The van der Waals surface area contributed by atoms with Crippen LogP contribution in [0.5, 0.6) is 0 Å². The Morgan fingerprint density at radius 2 is 2.19 bits per heavy atom. The molecule has 0 aromatic carbocycles. The van der Waals surface area contributed by atoms with Crippen LogP contribution in [0.1, 0.15) is 19.8 Å². The van der Waals surface area contributed by atoms with E-state index in [0.29, 0.717) is 6.42 Å². The lowest BCUT2D eigenvalue weighted by Crippen LogP contribution is -2.31. The van der Waals surface area contributed by atoms with Crippen LogP contribution >= 0.6 is 0 Å². The highest BCUT2D eigenvalue weighted by molar-refractivity contribution is 5.75. The summed E-state index contributed by atoms with van der Waals surface area (Å²) < 4.78 is 4.58. The molecule has 1 unspecified atom stereocenters. The molecule has 0 bridgehead atoms. The van der Waals surface area contributed by atoms with E-state index in [9.17, 15) is 14.9 Å². The third-order valence-electron chi connectivity index (χ3n) is 1.74. The highest BCUT2D eigenvalue weighted by Gasteiger charge is 2.30. The first-order valence-electron chi connectivity index (χ1n) is 4.84. The summed E-state index contributed by atoms with van der Waals surface area (Å²) in [7, 11) is 0. The summed E-state index contributed by atoms with van der Waals surface area (Å²) in [6, 6.07) is -1.34. The third-order valence-corrected chi connectivity index (χ3v) is 1.74. The molecule has 0 heterocycles. The fourth-order valence-corrected chi connectivity index (χ4v) is 1.04. The van der Waals surface area contributed by atoms with Gasteiger partial charge in [0.1, 0.15) is 0 Å². The number of ether oxygens (including phenoxy) is 1. The molecule has 4 N–H and O–H groups in total. The van der Waals surface area contributed by atoms with Gasteiger partial charge in [0.2, 0.25) is 0 Å². The molecule has 0 aromatic rings. The molecule has 0 amide bonds. The molecule has 0 aliphatic carbocycles. The zero-order valence-electron chi connectivity index (χ0n) is 9.09. The number of nitrogens with zero attached hydrogens (tertiary/aromatic N) is 2. The molecule has 92 valence electrons. The average molecular weight is 232 g/mol. The molecule has 0 saturated carbocycles. The predicted molar refractivity (Wildman–Crippen MR) is 57.3 cm³/mol. The first-order valence-corrected chi connectivity index (χ1v) is 4.84. The molecule has 0 spiro atoms. The van der Waals surface area contributed by atoms with Crippen LogP contribution in [0.3, 0.4) is 0 Å². The fourth-order valence-electron chi connectivity index (χ4n) is 1.04. The Morgan fingerprint density at radius 3 is 2.62 bits per heavy atom. The van der Waals surface area contributed by atoms with Gasteiger partial charge in [0, 0.05) is 17.9 Å². The monoisotopic (exact) mass is 232 g/mol. The second-order valence-electron chi connectivity index (χ2n) is 3.00. The lowest BCUT2D eigenvalue weighted by atomic mass is 10.1. The number of esters is 1. The molecule has 8 heteroatoms. The minimum atomic E-state index is -1.34. The molecule has 0 rings (SSSR count). The number of guanidine groups is 1. The van der Waals surface area contributed by atoms with Crippen molar-refractivity contribution in [3.63, 3.8) is 0 Å². The largest absolute Gasteiger partial charge is 0.461 e. The van der Waals surface area contributed by atoms with E-state index >= 15 is 0 Å². The second kappa shape index (κ2) is 7.43. The van der Waals surface area contributed by atoms with E-state index < -0.39 is 16.9 Å². The Balaban J connectivity index is 4.10. The van der Waals surface area contributed by atoms with Gasteiger partial charge < -0.3 is 16.2 Å². The van der Waals surface area contributed by atoms with Gasteiger partial charge in [0.05, 0.1) is 6.61 Å². The number of carbonyl (C=O) groups is 1. The zero-order valence-corrected chi connectivity index (χ0v) is 9.09. The quantitative estimate of drug-likeness (QED) is 0.148. The van der Waals surface area contributed by atoms with Crippen LogP contribution in [0.4, 0.5) is 0 Å². The van der Waals surface area contributed by atoms with Crippen molar-refractivity contribution in [1.82, 2.24) is 0 Å². The van der Waals surface area contributed by atoms with Crippen molar-refractivity contribution in [3.05, 3.63) is 10.1 Å². The van der Waals surface area contributed by atoms with Gasteiger partial charge in [-0.25, -0.2) is 4.79 Å². The number of hydrogen-bond donors (Lipinski definition) is 2. The number of nitrogens with two attached hydrogens (primary N) is 2. The van der Waals surface area contributed by atoms with Crippen LogP contribution in [-0.4, -0.2) is 36.0 Å². The Kier molecular flexibility index (Phi) is 6.57. The molecule has 0 fully saturated rings.